The van der Waals surface area contributed by atoms with E-state index in [1.165, 1.54) is 19.2 Å². The van der Waals surface area contributed by atoms with E-state index >= 15 is 0 Å². The molecule has 0 aliphatic rings. The van der Waals surface area contributed by atoms with Crippen LogP contribution in [0.5, 0.6) is 5.75 Å². The maximum atomic E-state index is 11.4. The van der Waals surface area contributed by atoms with Crippen molar-refractivity contribution in [3.8, 4) is 5.75 Å². The maximum Gasteiger partial charge on any atom is 0.199 e. The average molecular weight is 212 g/mol. The van der Waals surface area contributed by atoms with Gasteiger partial charge >= 0.3 is 0 Å². The van der Waals surface area contributed by atoms with Crippen molar-refractivity contribution < 1.29 is 13.2 Å². The van der Waals surface area contributed by atoms with Crippen molar-refractivity contribution in [1.29, 1.82) is 0 Å². The third-order valence-electron chi connectivity index (χ3n) is 1.93. The molecule has 4 heteroatoms. The van der Waals surface area contributed by atoms with E-state index < -0.39 is 9.84 Å². The van der Waals surface area contributed by atoms with Gasteiger partial charge < -0.3 is 4.74 Å². The van der Waals surface area contributed by atoms with E-state index in [0.29, 0.717) is 5.75 Å². The number of rotatable bonds is 3. The lowest BCUT2D eigenvalue weighted by Gasteiger charge is -2.06. The number of hydrogen-bond donors (Lipinski definition) is 0. The molecule has 0 saturated carbocycles. The summed E-state index contributed by atoms with van der Waals surface area (Å²) >= 11 is 0. The van der Waals surface area contributed by atoms with Crippen LogP contribution < -0.4 is 4.74 Å². The first-order valence-electron chi connectivity index (χ1n) is 4.03. The van der Waals surface area contributed by atoms with E-state index in [1.807, 2.05) is 6.92 Å². The van der Waals surface area contributed by atoms with Gasteiger partial charge in [0.15, 0.2) is 9.84 Å². The van der Waals surface area contributed by atoms with Gasteiger partial charge in [-0.25, -0.2) is 8.42 Å². The third-order valence-corrected chi connectivity index (χ3v) is 3.28. The number of aryl methyl sites for hydroxylation is 1. The van der Waals surface area contributed by atoms with E-state index in [9.17, 15) is 8.42 Å². The monoisotopic (exact) mass is 212 g/mol. The Labute approximate surface area is 83.9 Å². The molecular weight excluding hydrogens is 200 g/mol. The van der Waals surface area contributed by atoms with Crippen molar-refractivity contribution in [3.63, 3.8) is 0 Å². The van der Waals surface area contributed by atoms with Gasteiger partial charge in [-0.1, -0.05) is 12.6 Å². The standard InChI is InChI=1S/C10H12O3S/c1-4-14(11,12)9-6-5-8(2)10(7-9)13-3/h4-7H,1H2,2-3H3. The molecular formula is C10H12O3S. The summed E-state index contributed by atoms with van der Waals surface area (Å²) in [5.74, 6) is 0.563. The first-order chi connectivity index (χ1) is 6.51. The predicted octanol–water partition coefficient (Wildman–Crippen LogP) is 1.92. The second kappa shape index (κ2) is 3.84. The van der Waals surface area contributed by atoms with Crippen LogP contribution in [0.15, 0.2) is 35.1 Å². The Kier molecular flexibility index (Phi) is 2.96. The van der Waals surface area contributed by atoms with Crippen molar-refractivity contribution in [3.05, 3.63) is 35.7 Å². The highest BCUT2D eigenvalue weighted by Crippen LogP contribution is 2.22. The van der Waals surface area contributed by atoms with Crippen LogP contribution in [-0.2, 0) is 9.84 Å². The lowest BCUT2D eigenvalue weighted by atomic mass is 10.2. The smallest absolute Gasteiger partial charge is 0.199 e. The molecule has 0 bridgehead atoms. The van der Waals surface area contributed by atoms with Gasteiger partial charge in [0.1, 0.15) is 5.75 Å². The molecule has 0 amide bonds. The fraction of sp³-hybridized carbons (Fsp3) is 0.200. The fourth-order valence-corrected chi connectivity index (χ4v) is 1.80. The maximum absolute atomic E-state index is 11.4. The van der Waals surface area contributed by atoms with Crippen LogP contribution in [-0.4, -0.2) is 15.5 Å². The van der Waals surface area contributed by atoms with Gasteiger partial charge in [0.2, 0.25) is 0 Å². The van der Waals surface area contributed by atoms with Crippen LogP contribution in [0.25, 0.3) is 0 Å². The van der Waals surface area contributed by atoms with Crippen molar-refractivity contribution in [2.24, 2.45) is 0 Å². The molecule has 0 aromatic heterocycles. The van der Waals surface area contributed by atoms with Crippen LogP contribution >= 0.6 is 0 Å². The highest BCUT2D eigenvalue weighted by Gasteiger charge is 2.11. The molecule has 1 rings (SSSR count). The summed E-state index contributed by atoms with van der Waals surface area (Å²) in [5.41, 5.74) is 0.899. The van der Waals surface area contributed by atoms with Gasteiger partial charge in [-0.15, -0.1) is 0 Å². The molecule has 0 heterocycles. The SMILES string of the molecule is C=CS(=O)(=O)c1ccc(C)c(OC)c1. The average Bonchev–Trinajstić information content (AvgIpc) is 2.18. The molecule has 76 valence electrons. The number of ether oxygens (including phenoxy) is 1. The van der Waals surface area contributed by atoms with Crippen molar-refractivity contribution in [2.45, 2.75) is 11.8 Å². The normalized spacial score (nSPS) is 11.0. The molecule has 0 N–H and O–H groups in total. The molecule has 1 aromatic rings. The Bertz CT molecular complexity index is 446. The quantitative estimate of drug-likeness (QED) is 0.768. The van der Waals surface area contributed by atoms with E-state index in [-0.39, 0.29) is 4.90 Å². The predicted molar refractivity (Wildman–Crippen MR) is 55.1 cm³/mol. The molecule has 3 nitrogen and oxygen atoms in total. The van der Waals surface area contributed by atoms with E-state index in [1.54, 1.807) is 6.07 Å². The van der Waals surface area contributed by atoms with Crippen LogP contribution in [0.1, 0.15) is 5.56 Å². The van der Waals surface area contributed by atoms with Crippen LogP contribution in [0.4, 0.5) is 0 Å². The van der Waals surface area contributed by atoms with Gasteiger partial charge in [0, 0.05) is 5.41 Å². The number of benzene rings is 1. The molecule has 0 unspecified atom stereocenters. The summed E-state index contributed by atoms with van der Waals surface area (Å²) in [6.45, 7) is 5.11. The van der Waals surface area contributed by atoms with Crippen molar-refractivity contribution in [2.75, 3.05) is 7.11 Å². The Balaban J connectivity index is 3.33. The first-order valence-corrected chi connectivity index (χ1v) is 5.58. The lowest BCUT2D eigenvalue weighted by Crippen LogP contribution is -1.97. The molecule has 1 aromatic carbocycles. The van der Waals surface area contributed by atoms with Crippen LogP contribution in [0.3, 0.4) is 0 Å². The molecule has 0 saturated heterocycles. The van der Waals surface area contributed by atoms with Crippen molar-refractivity contribution >= 4 is 9.84 Å². The Morgan fingerprint density at radius 1 is 1.43 bits per heavy atom. The lowest BCUT2D eigenvalue weighted by molar-refractivity contribution is 0.410. The minimum Gasteiger partial charge on any atom is -0.496 e. The van der Waals surface area contributed by atoms with Crippen LogP contribution in [0, 0.1) is 6.92 Å². The highest BCUT2D eigenvalue weighted by atomic mass is 32.2. The molecule has 14 heavy (non-hydrogen) atoms. The molecule has 0 atom stereocenters. The molecule has 0 spiro atoms. The minimum atomic E-state index is -3.36. The summed E-state index contributed by atoms with van der Waals surface area (Å²) in [5, 5.41) is 0.928. The van der Waals surface area contributed by atoms with Gasteiger partial charge in [0.05, 0.1) is 12.0 Å². The van der Waals surface area contributed by atoms with Gasteiger partial charge in [-0.05, 0) is 24.6 Å². The molecule has 0 aliphatic carbocycles. The van der Waals surface area contributed by atoms with Gasteiger partial charge in [-0.2, -0.15) is 0 Å². The fourth-order valence-electron chi connectivity index (χ4n) is 1.07. The van der Waals surface area contributed by atoms with Gasteiger partial charge in [-0.3, -0.25) is 0 Å². The van der Waals surface area contributed by atoms with Crippen molar-refractivity contribution in [1.82, 2.24) is 0 Å². The Hall–Kier alpha value is -1.29. The second-order valence-electron chi connectivity index (χ2n) is 2.84. The van der Waals surface area contributed by atoms with E-state index in [4.69, 9.17) is 4.74 Å². The Morgan fingerprint density at radius 2 is 2.07 bits per heavy atom. The first kappa shape index (κ1) is 10.8. The van der Waals surface area contributed by atoms with Crippen LogP contribution in [0.2, 0.25) is 0 Å². The Morgan fingerprint density at radius 3 is 2.57 bits per heavy atom. The summed E-state index contributed by atoms with van der Waals surface area (Å²) in [4.78, 5) is 0.204. The highest BCUT2D eigenvalue weighted by molar-refractivity contribution is 7.94. The zero-order valence-corrected chi connectivity index (χ0v) is 8.97. The second-order valence-corrected chi connectivity index (χ2v) is 4.74. The largest absolute Gasteiger partial charge is 0.496 e. The topological polar surface area (TPSA) is 43.4 Å². The molecule has 0 fully saturated rings. The summed E-state index contributed by atoms with van der Waals surface area (Å²) in [7, 11) is -1.86. The number of hydrogen-bond acceptors (Lipinski definition) is 3. The third kappa shape index (κ3) is 1.96. The molecule has 0 radical (unpaired) electrons. The summed E-state index contributed by atoms with van der Waals surface area (Å²) in [6, 6.07) is 4.73. The minimum absolute atomic E-state index is 0.204. The summed E-state index contributed by atoms with van der Waals surface area (Å²) < 4.78 is 27.8. The molecule has 0 aliphatic heterocycles. The number of methoxy groups -OCH3 is 1. The number of sulfone groups is 1. The van der Waals surface area contributed by atoms with E-state index in [0.717, 1.165) is 11.0 Å². The summed E-state index contributed by atoms with van der Waals surface area (Å²) in [6.07, 6.45) is 0. The van der Waals surface area contributed by atoms with E-state index in [2.05, 4.69) is 6.58 Å². The zero-order chi connectivity index (χ0) is 10.8. The van der Waals surface area contributed by atoms with Gasteiger partial charge in [0.25, 0.3) is 0 Å². The zero-order valence-electron chi connectivity index (χ0n) is 8.15.